The fourth-order valence-electron chi connectivity index (χ4n) is 2.35. The molecule has 3 rings (SSSR count). The maximum Gasteiger partial charge on any atom is 0.413 e. The highest BCUT2D eigenvalue weighted by molar-refractivity contribution is 7.21. The lowest BCUT2D eigenvalue weighted by atomic mass is 10.1. The van der Waals surface area contributed by atoms with Crippen LogP contribution in [-0.2, 0) is 9.53 Å². The number of nitrogens with one attached hydrogen (secondary N) is 2. The second-order valence-electron chi connectivity index (χ2n) is 6.93. The van der Waals surface area contributed by atoms with E-state index in [1.807, 2.05) is 36.4 Å². The SMILES string of the molecule is CC(=O)Nc1ccc(-c2ccc3nc(NC(=O)OC(C)(C)C)sc3n2)cc1. The van der Waals surface area contributed by atoms with Crippen LogP contribution in [0.15, 0.2) is 36.4 Å². The second-order valence-corrected chi connectivity index (χ2v) is 7.90. The summed E-state index contributed by atoms with van der Waals surface area (Å²) < 4.78 is 5.24. The van der Waals surface area contributed by atoms with Gasteiger partial charge in [-0.1, -0.05) is 23.5 Å². The standard InChI is InChI=1S/C19H20N4O3S/c1-11(24)20-13-7-5-12(6-8-13)14-9-10-15-16(21-14)27-17(22-15)23-18(25)26-19(2,3)4/h5-10H,1-4H3,(H,20,24)(H,22,23,25). The predicted octanol–water partition coefficient (Wildman–Crippen LogP) is 4.66. The zero-order chi connectivity index (χ0) is 19.6. The number of carbonyl (C=O) groups is 2. The van der Waals surface area contributed by atoms with Crippen molar-refractivity contribution in [2.45, 2.75) is 33.3 Å². The molecule has 2 aromatic heterocycles. The van der Waals surface area contributed by atoms with Crippen molar-refractivity contribution in [3.8, 4) is 11.3 Å². The van der Waals surface area contributed by atoms with Crippen molar-refractivity contribution in [2.75, 3.05) is 10.6 Å². The monoisotopic (exact) mass is 384 g/mol. The molecule has 27 heavy (non-hydrogen) atoms. The molecule has 0 bridgehead atoms. The zero-order valence-electron chi connectivity index (χ0n) is 15.5. The van der Waals surface area contributed by atoms with Crippen molar-refractivity contribution in [3.63, 3.8) is 0 Å². The Morgan fingerprint density at radius 1 is 1.00 bits per heavy atom. The van der Waals surface area contributed by atoms with E-state index < -0.39 is 11.7 Å². The van der Waals surface area contributed by atoms with Crippen LogP contribution in [0.4, 0.5) is 15.6 Å². The molecule has 0 spiro atoms. The van der Waals surface area contributed by atoms with Crippen molar-refractivity contribution < 1.29 is 14.3 Å². The number of carbonyl (C=O) groups excluding carboxylic acids is 2. The molecule has 0 atom stereocenters. The van der Waals surface area contributed by atoms with Gasteiger partial charge in [0.15, 0.2) is 5.13 Å². The number of hydrogen-bond donors (Lipinski definition) is 2. The number of aromatic nitrogens is 2. The van der Waals surface area contributed by atoms with Gasteiger partial charge in [0.1, 0.15) is 15.9 Å². The van der Waals surface area contributed by atoms with E-state index >= 15 is 0 Å². The van der Waals surface area contributed by atoms with Gasteiger partial charge in [-0.2, -0.15) is 0 Å². The van der Waals surface area contributed by atoms with Crippen LogP contribution >= 0.6 is 11.3 Å². The van der Waals surface area contributed by atoms with E-state index in [2.05, 4.69) is 20.6 Å². The van der Waals surface area contributed by atoms with Gasteiger partial charge in [0.05, 0.1) is 5.69 Å². The van der Waals surface area contributed by atoms with Crippen LogP contribution in [-0.4, -0.2) is 27.6 Å². The Balaban J connectivity index is 1.79. The number of anilines is 2. The van der Waals surface area contributed by atoms with Gasteiger partial charge in [-0.25, -0.2) is 14.8 Å². The molecule has 3 aromatic rings. The summed E-state index contributed by atoms with van der Waals surface area (Å²) in [6, 6.07) is 11.2. The summed E-state index contributed by atoms with van der Waals surface area (Å²) >= 11 is 1.28. The van der Waals surface area contributed by atoms with E-state index in [9.17, 15) is 9.59 Å². The maximum atomic E-state index is 11.9. The van der Waals surface area contributed by atoms with Crippen LogP contribution in [0.25, 0.3) is 21.6 Å². The summed E-state index contributed by atoms with van der Waals surface area (Å²) in [5.74, 6) is -0.114. The summed E-state index contributed by atoms with van der Waals surface area (Å²) in [4.78, 5) is 32.7. The van der Waals surface area contributed by atoms with E-state index in [-0.39, 0.29) is 5.91 Å². The first kappa shape index (κ1) is 18.8. The van der Waals surface area contributed by atoms with Gasteiger partial charge >= 0.3 is 6.09 Å². The van der Waals surface area contributed by atoms with Gasteiger partial charge < -0.3 is 10.1 Å². The van der Waals surface area contributed by atoms with Gasteiger partial charge in [0.2, 0.25) is 5.91 Å². The average molecular weight is 384 g/mol. The fourth-order valence-corrected chi connectivity index (χ4v) is 3.17. The summed E-state index contributed by atoms with van der Waals surface area (Å²) in [5, 5.41) is 5.81. The van der Waals surface area contributed by atoms with Gasteiger partial charge in [-0.05, 0) is 45.0 Å². The summed E-state index contributed by atoms with van der Waals surface area (Å²) in [6.45, 7) is 6.87. The first-order valence-electron chi connectivity index (χ1n) is 8.35. The molecule has 0 radical (unpaired) electrons. The summed E-state index contributed by atoms with van der Waals surface area (Å²) in [6.07, 6.45) is -0.546. The van der Waals surface area contributed by atoms with Gasteiger partial charge in [0.25, 0.3) is 0 Å². The minimum absolute atomic E-state index is 0.114. The first-order valence-corrected chi connectivity index (χ1v) is 9.17. The molecule has 2 amide bonds. The molecule has 0 unspecified atom stereocenters. The quantitative estimate of drug-likeness (QED) is 0.685. The third-order valence-electron chi connectivity index (χ3n) is 3.36. The molecule has 0 aliphatic carbocycles. The van der Waals surface area contributed by atoms with Crippen LogP contribution in [0.3, 0.4) is 0 Å². The molecular formula is C19H20N4O3S. The van der Waals surface area contributed by atoms with E-state index in [0.29, 0.717) is 15.5 Å². The zero-order valence-corrected chi connectivity index (χ0v) is 16.3. The molecule has 7 nitrogen and oxygen atoms in total. The molecule has 0 saturated heterocycles. The number of thiazole rings is 1. The highest BCUT2D eigenvalue weighted by Crippen LogP contribution is 2.28. The van der Waals surface area contributed by atoms with Crippen LogP contribution < -0.4 is 10.6 Å². The lowest BCUT2D eigenvalue weighted by Gasteiger charge is -2.18. The highest BCUT2D eigenvalue weighted by atomic mass is 32.1. The Hall–Kier alpha value is -3.00. The fraction of sp³-hybridized carbons (Fsp3) is 0.263. The number of hydrogen-bond acceptors (Lipinski definition) is 6. The smallest absolute Gasteiger partial charge is 0.413 e. The number of amides is 2. The molecule has 2 N–H and O–H groups in total. The van der Waals surface area contributed by atoms with Crippen molar-refractivity contribution in [3.05, 3.63) is 36.4 Å². The Morgan fingerprint density at radius 2 is 1.70 bits per heavy atom. The molecule has 0 aliphatic rings. The Kier molecular flexibility index (Phi) is 5.09. The molecule has 0 fully saturated rings. The molecule has 140 valence electrons. The Labute approximate surface area is 160 Å². The molecular weight excluding hydrogens is 364 g/mol. The van der Waals surface area contributed by atoms with Crippen molar-refractivity contribution in [1.82, 2.24) is 9.97 Å². The molecule has 8 heteroatoms. The molecule has 2 heterocycles. The number of ether oxygens (including phenoxy) is 1. The van der Waals surface area contributed by atoms with E-state index in [4.69, 9.17) is 4.74 Å². The van der Waals surface area contributed by atoms with Crippen LogP contribution in [0, 0.1) is 0 Å². The minimum atomic E-state index is -0.574. The van der Waals surface area contributed by atoms with Crippen molar-refractivity contribution in [2.24, 2.45) is 0 Å². The van der Waals surface area contributed by atoms with E-state index in [1.54, 1.807) is 20.8 Å². The average Bonchev–Trinajstić information content (AvgIpc) is 2.94. The van der Waals surface area contributed by atoms with E-state index in [1.165, 1.54) is 18.3 Å². The normalized spacial score (nSPS) is 11.3. The van der Waals surface area contributed by atoms with Crippen LogP contribution in [0.1, 0.15) is 27.7 Å². The first-order chi connectivity index (χ1) is 12.7. The summed E-state index contributed by atoms with van der Waals surface area (Å²) in [7, 11) is 0. The number of pyridine rings is 1. The van der Waals surface area contributed by atoms with Gasteiger partial charge in [-0.15, -0.1) is 0 Å². The number of benzene rings is 1. The third kappa shape index (κ3) is 5.01. The third-order valence-corrected chi connectivity index (χ3v) is 4.24. The van der Waals surface area contributed by atoms with Crippen molar-refractivity contribution in [1.29, 1.82) is 0 Å². The van der Waals surface area contributed by atoms with Gasteiger partial charge in [0, 0.05) is 18.2 Å². The molecule has 0 aliphatic heterocycles. The maximum absolute atomic E-state index is 11.9. The number of fused-ring (bicyclic) bond motifs is 1. The minimum Gasteiger partial charge on any atom is -0.444 e. The van der Waals surface area contributed by atoms with Crippen LogP contribution in [0.2, 0.25) is 0 Å². The Morgan fingerprint density at radius 3 is 2.33 bits per heavy atom. The molecule has 1 aromatic carbocycles. The number of nitrogens with zero attached hydrogens (tertiary/aromatic N) is 2. The van der Waals surface area contributed by atoms with Gasteiger partial charge in [-0.3, -0.25) is 10.1 Å². The topological polar surface area (TPSA) is 93.2 Å². The lowest BCUT2D eigenvalue weighted by Crippen LogP contribution is -2.27. The Bertz CT molecular complexity index is 990. The van der Waals surface area contributed by atoms with Crippen molar-refractivity contribution >= 4 is 44.5 Å². The lowest BCUT2D eigenvalue weighted by molar-refractivity contribution is -0.114. The predicted molar refractivity (Wildman–Crippen MR) is 107 cm³/mol. The highest BCUT2D eigenvalue weighted by Gasteiger charge is 2.18. The molecule has 0 saturated carbocycles. The largest absolute Gasteiger partial charge is 0.444 e. The van der Waals surface area contributed by atoms with Crippen LogP contribution in [0.5, 0.6) is 0 Å². The summed E-state index contributed by atoms with van der Waals surface area (Å²) in [5.41, 5.74) is 2.55. The second kappa shape index (κ2) is 7.32. The number of rotatable bonds is 3. The van der Waals surface area contributed by atoms with E-state index in [0.717, 1.165) is 16.9 Å².